The Morgan fingerprint density at radius 1 is 0.636 bits per heavy atom. The Kier molecular flexibility index (Phi) is 6.24. The number of hydrogen-bond acceptors (Lipinski definition) is 5. The average molecular weight is 457 g/mol. The molecule has 10 atom stereocenters. The van der Waals surface area contributed by atoms with Gasteiger partial charge in [0.2, 0.25) is 0 Å². The molecule has 7 rings (SSSR count). The fourth-order valence-corrected chi connectivity index (χ4v) is 9.47. The van der Waals surface area contributed by atoms with E-state index in [1.807, 2.05) is 0 Å². The minimum absolute atomic E-state index is 0.377. The number of fused-ring (bicyclic) bond motifs is 4. The molecule has 3 saturated carbocycles. The van der Waals surface area contributed by atoms with E-state index in [1.54, 1.807) is 0 Å². The van der Waals surface area contributed by atoms with Crippen LogP contribution in [0.3, 0.4) is 0 Å². The van der Waals surface area contributed by atoms with Crippen molar-refractivity contribution in [2.24, 2.45) is 29.6 Å². The number of piperazine rings is 1. The van der Waals surface area contributed by atoms with Gasteiger partial charge < -0.3 is 15.4 Å². The van der Waals surface area contributed by atoms with Crippen molar-refractivity contribution >= 4 is 0 Å². The van der Waals surface area contributed by atoms with Gasteiger partial charge in [0.1, 0.15) is 6.23 Å². The highest BCUT2D eigenvalue weighted by Crippen LogP contribution is 2.47. The molecule has 5 heteroatoms. The fourth-order valence-electron chi connectivity index (χ4n) is 9.47. The third-order valence-electron chi connectivity index (χ3n) is 11.4. The van der Waals surface area contributed by atoms with Crippen LogP contribution in [0.2, 0.25) is 0 Å². The van der Waals surface area contributed by atoms with Crippen LogP contribution < -0.4 is 16.0 Å². The van der Waals surface area contributed by atoms with Crippen LogP contribution in [0.5, 0.6) is 0 Å². The van der Waals surface area contributed by atoms with Gasteiger partial charge in [0.25, 0.3) is 0 Å². The smallest absolute Gasteiger partial charge is 0.111 e. The second-order valence-corrected chi connectivity index (χ2v) is 13.1. The predicted molar refractivity (Wildman–Crippen MR) is 132 cm³/mol. The number of rotatable bonds is 3. The van der Waals surface area contributed by atoms with Crippen LogP contribution in [0.4, 0.5) is 0 Å². The zero-order valence-corrected chi connectivity index (χ0v) is 20.7. The normalized spacial score (nSPS) is 51.3. The second kappa shape index (κ2) is 9.35. The van der Waals surface area contributed by atoms with Crippen LogP contribution in [0.1, 0.15) is 83.5 Å². The Balaban J connectivity index is 0.899. The maximum absolute atomic E-state index is 6.53. The van der Waals surface area contributed by atoms with Gasteiger partial charge >= 0.3 is 0 Å². The summed E-state index contributed by atoms with van der Waals surface area (Å²) in [4.78, 5) is 2.86. The van der Waals surface area contributed by atoms with E-state index in [-0.39, 0.29) is 0 Å². The number of nitrogens with one attached hydrogen (secondary N) is 3. The van der Waals surface area contributed by atoms with Gasteiger partial charge in [-0.3, -0.25) is 10.2 Å². The number of nitrogens with zero attached hydrogens (tertiary/aromatic N) is 1. The van der Waals surface area contributed by atoms with E-state index in [0.717, 1.165) is 60.3 Å². The summed E-state index contributed by atoms with van der Waals surface area (Å²) in [6.07, 6.45) is 19.4. The van der Waals surface area contributed by atoms with Gasteiger partial charge in [-0.25, -0.2) is 0 Å². The molecular formula is C28H48N4O. The molecule has 0 amide bonds. The molecule has 7 aliphatic rings. The van der Waals surface area contributed by atoms with Crippen molar-refractivity contribution in [3.63, 3.8) is 0 Å². The maximum Gasteiger partial charge on any atom is 0.111 e. The highest BCUT2D eigenvalue weighted by Gasteiger charge is 2.50. The van der Waals surface area contributed by atoms with Crippen LogP contribution in [0.25, 0.3) is 0 Å². The molecule has 10 unspecified atom stereocenters. The van der Waals surface area contributed by atoms with Crippen LogP contribution in [-0.4, -0.2) is 67.6 Å². The molecule has 0 radical (unpaired) electrons. The lowest BCUT2D eigenvalue weighted by atomic mass is 9.69. The first-order valence-corrected chi connectivity index (χ1v) is 14.9. The summed E-state index contributed by atoms with van der Waals surface area (Å²) in [6, 6.07) is 3.04. The highest BCUT2D eigenvalue weighted by atomic mass is 16.5. The fraction of sp³-hybridized carbons (Fsp3) is 1.00. The van der Waals surface area contributed by atoms with E-state index in [0.29, 0.717) is 12.3 Å². The lowest BCUT2D eigenvalue weighted by molar-refractivity contribution is -0.0558. The molecular weight excluding hydrogens is 408 g/mol. The monoisotopic (exact) mass is 456 g/mol. The summed E-state index contributed by atoms with van der Waals surface area (Å²) in [5, 5.41) is 11.7. The summed E-state index contributed by atoms with van der Waals surface area (Å²) in [5.41, 5.74) is 0. The second-order valence-electron chi connectivity index (χ2n) is 13.1. The van der Waals surface area contributed by atoms with Gasteiger partial charge in [-0.15, -0.1) is 0 Å². The largest absolute Gasteiger partial charge is 0.359 e. The molecule has 0 aromatic rings. The third-order valence-corrected chi connectivity index (χ3v) is 11.4. The van der Waals surface area contributed by atoms with E-state index in [2.05, 4.69) is 20.9 Å². The van der Waals surface area contributed by atoms with Crippen molar-refractivity contribution in [2.45, 2.75) is 120 Å². The summed E-state index contributed by atoms with van der Waals surface area (Å²) in [5.74, 6) is 4.51. The molecule has 4 heterocycles. The molecule has 3 N–H and O–H groups in total. The summed E-state index contributed by atoms with van der Waals surface area (Å²) in [7, 11) is 0. The van der Waals surface area contributed by atoms with Crippen LogP contribution in [0, 0.1) is 29.6 Å². The van der Waals surface area contributed by atoms with E-state index in [9.17, 15) is 0 Å². The minimum Gasteiger partial charge on any atom is -0.359 e. The van der Waals surface area contributed by atoms with Crippen molar-refractivity contribution in [3.05, 3.63) is 0 Å². The lowest BCUT2D eigenvalue weighted by Gasteiger charge is -2.52. The van der Waals surface area contributed by atoms with Crippen LogP contribution in [0.15, 0.2) is 0 Å². The summed E-state index contributed by atoms with van der Waals surface area (Å²) in [6.45, 7) is 5.14. The van der Waals surface area contributed by atoms with Crippen molar-refractivity contribution in [1.29, 1.82) is 0 Å². The average Bonchev–Trinajstić information content (AvgIpc) is 3.21. The molecule has 5 nitrogen and oxygen atoms in total. The van der Waals surface area contributed by atoms with E-state index < -0.39 is 0 Å². The van der Waals surface area contributed by atoms with Crippen molar-refractivity contribution in [1.82, 2.24) is 20.9 Å². The Morgan fingerprint density at radius 2 is 1.52 bits per heavy atom. The number of piperidine rings is 1. The summed E-state index contributed by atoms with van der Waals surface area (Å²) < 4.78 is 6.53. The van der Waals surface area contributed by atoms with Gasteiger partial charge in [-0.1, -0.05) is 25.7 Å². The highest BCUT2D eigenvalue weighted by molar-refractivity contribution is 5.01. The quantitative estimate of drug-likeness (QED) is 0.607. The van der Waals surface area contributed by atoms with Crippen molar-refractivity contribution in [3.8, 4) is 0 Å². The van der Waals surface area contributed by atoms with Gasteiger partial charge in [0.15, 0.2) is 0 Å². The SMILES string of the molecule is C1CC(C2CN(C3CCC4C(C3)OC3NCCCC34)C2)CC(C2CNC3CCCCC3N2)C1. The van der Waals surface area contributed by atoms with Crippen molar-refractivity contribution < 1.29 is 4.74 Å². The molecule has 0 aromatic heterocycles. The van der Waals surface area contributed by atoms with Gasteiger partial charge in [0.05, 0.1) is 6.10 Å². The Hall–Kier alpha value is -0.200. The van der Waals surface area contributed by atoms with E-state index in [4.69, 9.17) is 4.74 Å². The maximum atomic E-state index is 6.53. The molecule has 0 aromatic carbocycles. The minimum atomic E-state index is 0.377. The van der Waals surface area contributed by atoms with E-state index in [1.165, 1.54) is 103 Å². The molecule has 0 bridgehead atoms. The standard InChI is InChI=1S/C28H48N4O/c1-2-9-25-24(8-1)30-15-26(31-25)19-6-3-5-18(13-19)20-16-32(17-20)21-10-11-22-23-7-4-12-29-28(23)33-27(22)14-21/h18-31H,1-17H2. The van der Waals surface area contributed by atoms with Crippen molar-refractivity contribution in [2.75, 3.05) is 26.2 Å². The molecule has 4 saturated heterocycles. The summed E-state index contributed by atoms with van der Waals surface area (Å²) >= 11 is 0. The predicted octanol–water partition coefficient (Wildman–Crippen LogP) is 3.49. The Morgan fingerprint density at radius 3 is 2.45 bits per heavy atom. The first kappa shape index (κ1) is 22.0. The van der Waals surface area contributed by atoms with Crippen LogP contribution in [-0.2, 0) is 4.74 Å². The molecule has 7 fully saturated rings. The van der Waals surface area contributed by atoms with Crippen LogP contribution >= 0.6 is 0 Å². The topological polar surface area (TPSA) is 48.6 Å². The molecule has 4 aliphatic heterocycles. The molecule has 33 heavy (non-hydrogen) atoms. The zero-order chi connectivity index (χ0) is 21.8. The van der Waals surface area contributed by atoms with Gasteiger partial charge in [-0.2, -0.15) is 0 Å². The number of hydrogen-bond donors (Lipinski definition) is 3. The van der Waals surface area contributed by atoms with Gasteiger partial charge in [0, 0.05) is 49.7 Å². The zero-order valence-electron chi connectivity index (χ0n) is 20.7. The number of ether oxygens (including phenoxy) is 1. The molecule has 0 spiro atoms. The van der Waals surface area contributed by atoms with Gasteiger partial charge in [-0.05, 0) is 88.0 Å². The first-order valence-electron chi connectivity index (χ1n) is 14.9. The molecule has 186 valence electrons. The third kappa shape index (κ3) is 4.22. The first-order chi connectivity index (χ1) is 16.3. The molecule has 3 aliphatic carbocycles. The number of likely N-dealkylation sites (tertiary alicyclic amines) is 1. The Labute approximate surface area is 201 Å². The Bertz CT molecular complexity index is 683. The lowest BCUT2D eigenvalue weighted by Crippen LogP contribution is -2.64. The van der Waals surface area contributed by atoms with E-state index >= 15 is 0 Å².